The van der Waals surface area contributed by atoms with E-state index in [1.165, 1.54) is 11.3 Å². The number of carbonyl (C=O) groups excluding carboxylic acids is 1. The van der Waals surface area contributed by atoms with Crippen LogP contribution in [0.25, 0.3) is 10.1 Å². The summed E-state index contributed by atoms with van der Waals surface area (Å²) in [5.74, 6) is -0.0287. The van der Waals surface area contributed by atoms with E-state index in [9.17, 15) is 9.90 Å². The van der Waals surface area contributed by atoms with Crippen molar-refractivity contribution in [2.45, 2.75) is 6.92 Å². The number of carbonyl (C=O) groups is 1. The molecule has 2 heterocycles. The Bertz CT molecular complexity index is 1220. The van der Waals surface area contributed by atoms with Crippen molar-refractivity contribution in [3.8, 4) is 0 Å². The number of thiophene rings is 1. The van der Waals surface area contributed by atoms with Gasteiger partial charge in [0.2, 0.25) is 5.82 Å². The topological polar surface area (TPSA) is 113 Å². The van der Waals surface area contributed by atoms with Crippen molar-refractivity contribution in [3.63, 3.8) is 0 Å². The summed E-state index contributed by atoms with van der Waals surface area (Å²) in [6.07, 6.45) is 0. The number of nitrogens with zero attached hydrogens (tertiary/aromatic N) is 3. The van der Waals surface area contributed by atoms with Gasteiger partial charge in [0, 0.05) is 14.9 Å². The lowest BCUT2D eigenvalue weighted by Gasteiger charge is -2.10. The predicted octanol–water partition coefficient (Wildman–Crippen LogP) is 4.42. The van der Waals surface area contributed by atoms with Gasteiger partial charge in [-0.2, -0.15) is 0 Å². The van der Waals surface area contributed by atoms with Crippen LogP contribution < -0.4 is 10.6 Å². The zero-order valence-electron chi connectivity index (χ0n) is 15.7. The van der Waals surface area contributed by atoms with E-state index >= 15 is 0 Å². The minimum atomic E-state index is -0.480. The first-order valence-corrected chi connectivity index (χ1v) is 10.5. The van der Waals surface area contributed by atoms with Crippen molar-refractivity contribution in [2.24, 2.45) is 4.99 Å². The molecule has 152 valence electrons. The summed E-state index contributed by atoms with van der Waals surface area (Å²) in [7, 11) is 0. The smallest absolute Gasteiger partial charge is 0.267 e. The summed E-state index contributed by atoms with van der Waals surface area (Å²) in [6, 6.07) is 15.2. The highest BCUT2D eigenvalue weighted by Gasteiger charge is 2.20. The molecule has 3 N–H and O–H groups in total. The summed E-state index contributed by atoms with van der Waals surface area (Å²) >= 11 is 4.86. The third kappa shape index (κ3) is 4.25. The molecule has 10 heteroatoms. The van der Waals surface area contributed by atoms with Crippen LogP contribution in [0, 0.1) is 6.92 Å². The molecule has 4 rings (SSSR count). The normalized spacial score (nSPS) is 11.6. The Balaban J connectivity index is 1.59. The number of nitrogens with one attached hydrogen (secondary N) is 2. The number of rotatable bonds is 5. The number of amides is 1. The number of amidine groups is 1. The summed E-state index contributed by atoms with van der Waals surface area (Å²) in [5, 5.41) is 23.7. The Kier molecular flexibility index (Phi) is 5.88. The van der Waals surface area contributed by atoms with E-state index in [-0.39, 0.29) is 23.3 Å². The van der Waals surface area contributed by atoms with Gasteiger partial charge in [0.1, 0.15) is 6.73 Å². The minimum absolute atomic E-state index is 0.100. The molecule has 2 aromatic heterocycles. The molecule has 0 saturated carbocycles. The number of aryl methyl sites for hydroxylation is 1. The number of anilines is 2. The van der Waals surface area contributed by atoms with Crippen molar-refractivity contribution >= 4 is 60.6 Å². The lowest BCUT2D eigenvalue weighted by Crippen LogP contribution is -2.19. The number of aliphatic hydroxyl groups excluding tert-OH is 1. The zero-order valence-corrected chi connectivity index (χ0v) is 18.1. The Morgan fingerprint density at radius 1 is 1.20 bits per heavy atom. The van der Waals surface area contributed by atoms with Gasteiger partial charge in [-0.05, 0) is 52.5 Å². The Morgan fingerprint density at radius 2 is 2.03 bits per heavy atom. The monoisotopic (exact) mass is 485 g/mol. The van der Waals surface area contributed by atoms with E-state index in [1.807, 2.05) is 55.5 Å². The van der Waals surface area contributed by atoms with Crippen LogP contribution in [0.15, 0.2) is 62.6 Å². The molecule has 4 aromatic rings. The second-order valence-electron chi connectivity index (χ2n) is 6.30. The zero-order chi connectivity index (χ0) is 21.1. The molecular weight excluding hydrogens is 470 g/mol. The quantitative estimate of drug-likeness (QED) is 0.285. The lowest BCUT2D eigenvalue weighted by atomic mass is 10.2. The van der Waals surface area contributed by atoms with Gasteiger partial charge < -0.3 is 15.7 Å². The van der Waals surface area contributed by atoms with Crippen molar-refractivity contribution in [3.05, 3.63) is 69.1 Å². The maximum absolute atomic E-state index is 12.7. The van der Waals surface area contributed by atoms with Crippen LogP contribution in [0.3, 0.4) is 0 Å². The molecule has 0 radical (unpaired) electrons. The molecule has 0 aliphatic carbocycles. The standard InChI is InChI=1S/C20H16BrN5O3S/c1-11-6-7-13(9-14(11)21)23-18(22-10-27)17-19(26-29-25-17)24-20(28)16-8-12-4-2-3-5-15(12)30-16/h2-9,27H,10H2,1H3,(H,22,23)(H,24,26,28). The molecule has 0 spiro atoms. The molecule has 2 aromatic carbocycles. The third-order valence-electron chi connectivity index (χ3n) is 4.26. The minimum Gasteiger partial charge on any atom is -0.374 e. The van der Waals surface area contributed by atoms with Crippen LogP contribution in [0.2, 0.25) is 0 Å². The maximum atomic E-state index is 12.7. The van der Waals surface area contributed by atoms with Gasteiger partial charge in [-0.3, -0.25) is 4.79 Å². The third-order valence-corrected chi connectivity index (χ3v) is 6.23. The molecule has 30 heavy (non-hydrogen) atoms. The van der Waals surface area contributed by atoms with Crippen LogP contribution >= 0.6 is 27.3 Å². The van der Waals surface area contributed by atoms with Gasteiger partial charge >= 0.3 is 0 Å². The molecule has 0 aliphatic rings. The first kappa shape index (κ1) is 20.2. The number of halogens is 1. The molecular formula is C20H16BrN5O3S. The first-order valence-electron chi connectivity index (χ1n) is 8.86. The highest BCUT2D eigenvalue weighted by molar-refractivity contribution is 9.10. The van der Waals surface area contributed by atoms with Crippen LogP contribution in [0.5, 0.6) is 0 Å². The maximum Gasteiger partial charge on any atom is 0.267 e. The fraction of sp³-hybridized carbons (Fsp3) is 0.100. The van der Waals surface area contributed by atoms with Crippen molar-refractivity contribution in [1.29, 1.82) is 0 Å². The van der Waals surface area contributed by atoms with E-state index in [1.54, 1.807) is 0 Å². The molecule has 0 atom stereocenters. The Morgan fingerprint density at radius 3 is 2.80 bits per heavy atom. The summed E-state index contributed by atoms with van der Waals surface area (Å²) in [5.41, 5.74) is 1.96. The number of hydrogen-bond donors (Lipinski definition) is 3. The van der Waals surface area contributed by atoms with Crippen molar-refractivity contribution in [2.75, 3.05) is 17.4 Å². The number of hydrogen-bond acceptors (Lipinski definition) is 7. The van der Waals surface area contributed by atoms with Crippen molar-refractivity contribution < 1.29 is 14.5 Å². The molecule has 0 unspecified atom stereocenters. The molecule has 8 nitrogen and oxygen atoms in total. The average Bonchev–Trinajstić information content (AvgIpc) is 3.37. The number of aromatic nitrogens is 2. The SMILES string of the molecule is Cc1ccc(N/C(=N\CO)c2nonc2NC(=O)c2cc3ccccc3s2)cc1Br. The lowest BCUT2D eigenvalue weighted by molar-refractivity contribution is 0.102. The van der Waals surface area contributed by atoms with Crippen molar-refractivity contribution in [1.82, 2.24) is 10.3 Å². The van der Waals surface area contributed by atoms with Gasteiger partial charge in [0.05, 0.1) is 4.88 Å². The molecule has 0 fully saturated rings. The van der Waals surface area contributed by atoms with E-state index in [4.69, 9.17) is 4.63 Å². The molecule has 1 amide bonds. The summed E-state index contributed by atoms with van der Waals surface area (Å²) in [6.45, 7) is 1.49. The first-order chi connectivity index (χ1) is 14.5. The van der Waals surface area contributed by atoms with Gasteiger partial charge in [-0.15, -0.1) is 11.3 Å². The van der Waals surface area contributed by atoms with Crippen LogP contribution in [0.4, 0.5) is 11.5 Å². The van der Waals surface area contributed by atoms with Crippen LogP contribution in [-0.2, 0) is 0 Å². The van der Waals surface area contributed by atoms with E-state index in [0.29, 0.717) is 10.6 Å². The fourth-order valence-corrected chi connectivity index (χ4v) is 4.08. The summed E-state index contributed by atoms with van der Waals surface area (Å²) in [4.78, 5) is 17.3. The van der Waals surface area contributed by atoms with Crippen LogP contribution in [-0.4, -0.2) is 33.9 Å². The van der Waals surface area contributed by atoms with Gasteiger partial charge in [0.15, 0.2) is 11.5 Å². The summed E-state index contributed by atoms with van der Waals surface area (Å²) < 4.78 is 6.75. The second kappa shape index (κ2) is 8.74. The van der Waals surface area contributed by atoms with E-state index < -0.39 is 6.73 Å². The fourth-order valence-electron chi connectivity index (χ4n) is 2.74. The number of benzene rings is 2. The molecule has 0 aliphatic heterocycles. The van der Waals surface area contributed by atoms with Crippen LogP contribution in [0.1, 0.15) is 20.9 Å². The Hall–Kier alpha value is -3.08. The number of fused-ring (bicyclic) bond motifs is 1. The highest BCUT2D eigenvalue weighted by atomic mass is 79.9. The average molecular weight is 486 g/mol. The number of aliphatic imine (C=N–C) groups is 1. The van der Waals surface area contributed by atoms with Gasteiger partial charge in [-0.25, -0.2) is 9.62 Å². The molecule has 0 bridgehead atoms. The largest absolute Gasteiger partial charge is 0.374 e. The highest BCUT2D eigenvalue weighted by Crippen LogP contribution is 2.26. The molecule has 0 saturated heterocycles. The Labute approximate surface area is 183 Å². The van der Waals surface area contributed by atoms with E-state index in [2.05, 4.69) is 41.9 Å². The second-order valence-corrected chi connectivity index (χ2v) is 8.24. The number of aliphatic hydroxyl groups is 1. The predicted molar refractivity (Wildman–Crippen MR) is 120 cm³/mol. The van der Waals surface area contributed by atoms with E-state index in [0.717, 1.165) is 20.1 Å². The van der Waals surface area contributed by atoms with Gasteiger partial charge in [0.25, 0.3) is 5.91 Å². The van der Waals surface area contributed by atoms with Gasteiger partial charge in [-0.1, -0.05) is 40.2 Å².